The number of anilines is 1. The van der Waals surface area contributed by atoms with Crippen LogP contribution >= 0.6 is 0 Å². The minimum atomic E-state index is -3.86. The van der Waals surface area contributed by atoms with Crippen LogP contribution in [0, 0.1) is 5.92 Å². The highest BCUT2D eigenvalue weighted by Gasteiger charge is 2.26. The van der Waals surface area contributed by atoms with E-state index in [0.717, 1.165) is 3.97 Å². The molecule has 42 heavy (non-hydrogen) atoms. The number of methoxy groups -OCH3 is 1. The molecular weight excluding hydrogens is 556 g/mol. The van der Waals surface area contributed by atoms with Gasteiger partial charge >= 0.3 is 6.09 Å². The van der Waals surface area contributed by atoms with Gasteiger partial charge in [0.1, 0.15) is 17.4 Å². The Kier molecular flexibility index (Phi) is 8.91. The number of carbonyl (C=O) groups excluding carboxylic acids is 2. The average Bonchev–Trinajstić information content (AvgIpc) is 3.37. The van der Waals surface area contributed by atoms with E-state index in [0.29, 0.717) is 34.4 Å². The van der Waals surface area contributed by atoms with Gasteiger partial charge in [0.2, 0.25) is 5.91 Å². The van der Waals surface area contributed by atoms with Crippen molar-refractivity contribution in [1.29, 1.82) is 0 Å². The molecule has 4 aromatic rings. The molecule has 2 aromatic heterocycles. The number of carbonyl (C=O) groups is 2. The molecule has 0 saturated carbocycles. The monoisotopic (exact) mass is 592 g/mol. The number of hydrogen-bond acceptors (Lipinski definition) is 7. The fourth-order valence-corrected chi connectivity index (χ4v) is 5.85. The van der Waals surface area contributed by atoms with Gasteiger partial charge in [-0.05, 0) is 75.1 Å². The van der Waals surface area contributed by atoms with Gasteiger partial charge in [-0.15, -0.1) is 0 Å². The summed E-state index contributed by atoms with van der Waals surface area (Å²) in [4.78, 5) is 30.1. The highest BCUT2D eigenvalue weighted by Crippen LogP contribution is 2.37. The highest BCUT2D eigenvalue weighted by atomic mass is 32.2. The van der Waals surface area contributed by atoms with Crippen molar-refractivity contribution in [1.82, 2.24) is 14.3 Å². The van der Waals surface area contributed by atoms with E-state index < -0.39 is 27.8 Å². The Balaban J connectivity index is 1.63. The number of pyridine rings is 1. The summed E-state index contributed by atoms with van der Waals surface area (Å²) in [7, 11) is -2.34. The lowest BCUT2D eigenvalue weighted by Crippen LogP contribution is -2.46. The molecular formula is C31H36N4O6S. The summed E-state index contributed by atoms with van der Waals surface area (Å²) in [5.41, 5.74) is 1.44. The van der Waals surface area contributed by atoms with E-state index in [1.807, 2.05) is 13.8 Å². The minimum absolute atomic E-state index is 0.139. The molecule has 0 saturated heterocycles. The molecule has 0 spiro atoms. The minimum Gasteiger partial charge on any atom is -0.496 e. The van der Waals surface area contributed by atoms with Crippen LogP contribution in [0.15, 0.2) is 78.0 Å². The van der Waals surface area contributed by atoms with Gasteiger partial charge in [0.25, 0.3) is 10.0 Å². The summed E-state index contributed by atoms with van der Waals surface area (Å²) in [6.07, 6.45) is 2.77. The van der Waals surface area contributed by atoms with E-state index in [4.69, 9.17) is 9.47 Å². The van der Waals surface area contributed by atoms with Crippen LogP contribution in [0.3, 0.4) is 0 Å². The summed E-state index contributed by atoms with van der Waals surface area (Å²) < 4.78 is 38.8. The van der Waals surface area contributed by atoms with Gasteiger partial charge in [0, 0.05) is 35.1 Å². The highest BCUT2D eigenvalue weighted by molar-refractivity contribution is 7.90. The number of fused-ring (bicyclic) bond motifs is 1. The molecule has 0 aliphatic heterocycles. The van der Waals surface area contributed by atoms with Crippen LogP contribution in [0.25, 0.3) is 22.2 Å². The third-order valence-corrected chi connectivity index (χ3v) is 8.01. The quantitative estimate of drug-likeness (QED) is 0.250. The molecule has 11 heteroatoms. The van der Waals surface area contributed by atoms with E-state index in [-0.39, 0.29) is 22.4 Å². The Morgan fingerprint density at radius 2 is 1.71 bits per heavy atom. The van der Waals surface area contributed by atoms with Crippen LogP contribution in [0.4, 0.5) is 10.5 Å². The summed E-state index contributed by atoms with van der Waals surface area (Å²) in [5.74, 6) is 0.207. The SMILES string of the molecule is COc1cc(NC(=O)[C@@H](CC(C)C)NC(=O)OC(C)(C)C)ccc1-c1ccnc2c1ccn2S(=O)(=O)c1ccccc1. The number of hydrogen-bond donors (Lipinski definition) is 2. The number of nitrogens with zero attached hydrogens (tertiary/aromatic N) is 2. The lowest BCUT2D eigenvalue weighted by molar-refractivity contribution is -0.118. The first kappa shape index (κ1) is 30.6. The van der Waals surface area contributed by atoms with Crippen LogP contribution in [0.2, 0.25) is 0 Å². The zero-order chi connectivity index (χ0) is 30.7. The fraction of sp³-hybridized carbons (Fsp3) is 0.323. The Hall–Kier alpha value is -4.38. The van der Waals surface area contributed by atoms with E-state index in [9.17, 15) is 18.0 Å². The van der Waals surface area contributed by atoms with Crippen molar-refractivity contribution in [3.8, 4) is 16.9 Å². The molecule has 222 valence electrons. The summed E-state index contributed by atoms with van der Waals surface area (Å²) in [6, 6.07) is 16.0. The Morgan fingerprint density at radius 1 is 1.00 bits per heavy atom. The van der Waals surface area contributed by atoms with Crippen LogP contribution in [0.5, 0.6) is 5.75 Å². The zero-order valence-corrected chi connectivity index (χ0v) is 25.4. The number of aromatic nitrogens is 2. The molecule has 10 nitrogen and oxygen atoms in total. The molecule has 1 atom stereocenters. The van der Waals surface area contributed by atoms with E-state index in [1.54, 1.807) is 75.5 Å². The van der Waals surface area contributed by atoms with Crippen molar-refractivity contribution in [3.05, 3.63) is 73.1 Å². The molecule has 0 unspecified atom stereocenters. The third-order valence-electron chi connectivity index (χ3n) is 6.33. The fourth-order valence-electron chi connectivity index (χ4n) is 4.52. The number of nitrogens with one attached hydrogen (secondary N) is 2. The largest absolute Gasteiger partial charge is 0.496 e. The normalized spacial score (nSPS) is 12.6. The Labute approximate surface area is 246 Å². The predicted octanol–water partition coefficient (Wildman–Crippen LogP) is 5.83. The predicted molar refractivity (Wildman–Crippen MR) is 162 cm³/mol. The topological polar surface area (TPSA) is 129 Å². The van der Waals surface area contributed by atoms with Crippen molar-refractivity contribution in [2.24, 2.45) is 5.92 Å². The zero-order valence-electron chi connectivity index (χ0n) is 24.5. The molecule has 4 rings (SSSR count). The summed E-state index contributed by atoms with van der Waals surface area (Å²) >= 11 is 0. The standard InChI is InChI=1S/C31H36N4O6S/c1-20(2)18-26(34-30(37)41-31(3,4)5)29(36)33-21-12-13-24(27(19-21)40-6)23-14-16-32-28-25(23)15-17-35(28)42(38,39)22-10-8-7-9-11-22/h7-17,19-20,26H,18H2,1-6H3,(H,33,36)(H,34,37)/t26-/m1/s1. The molecule has 0 bridgehead atoms. The van der Waals surface area contributed by atoms with E-state index >= 15 is 0 Å². The summed E-state index contributed by atoms with van der Waals surface area (Å²) in [6.45, 7) is 9.19. The van der Waals surface area contributed by atoms with Crippen LogP contribution in [-0.2, 0) is 19.6 Å². The van der Waals surface area contributed by atoms with Gasteiger partial charge < -0.3 is 20.1 Å². The lowest BCUT2D eigenvalue weighted by atomic mass is 10.0. The maximum Gasteiger partial charge on any atom is 0.408 e. The van der Waals surface area contributed by atoms with Gasteiger partial charge in [-0.3, -0.25) is 4.79 Å². The number of amides is 2. The van der Waals surface area contributed by atoms with Crippen molar-refractivity contribution in [3.63, 3.8) is 0 Å². The third kappa shape index (κ3) is 6.91. The van der Waals surface area contributed by atoms with Crippen molar-refractivity contribution in [2.75, 3.05) is 12.4 Å². The average molecular weight is 593 g/mol. The van der Waals surface area contributed by atoms with Crippen molar-refractivity contribution in [2.45, 2.75) is 57.6 Å². The second-order valence-corrected chi connectivity index (χ2v) is 13.1. The van der Waals surface area contributed by atoms with Gasteiger partial charge in [0.05, 0.1) is 12.0 Å². The van der Waals surface area contributed by atoms with Gasteiger partial charge in [-0.1, -0.05) is 32.0 Å². The smallest absolute Gasteiger partial charge is 0.408 e. The molecule has 0 radical (unpaired) electrons. The van der Waals surface area contributed by atoms with Gasteiger partial charge in [-0.25, -0.2) is 22.2 Å². The number of rotatable bonds is 9. The Bertz CT molecular complexity index is 1690. The second kappa shape index (κ2) is 12.2. The van der Waals surface area contributed by atoms with Crippen LogP contribution in [-0.4, -0.2) is 48.1 Å². The molecule has 2 heterocycles. The molecule has 0 fully saturated rings. The Morgan fingerprint density at radius 3 is 2.36 bits per heavy atom. The van der Waals surface area contributed by atoms with Gasteiger partial charge in [-0.2, -0.15) is 0 Å². The van der Waals surface area contributed by atoms with Crippen molar-refractivity contribution < 1.29 is 27.5 Å². The summed E-state index contributed by atoms with van der Waals surface area (Å²) in [5, 5.41) is 6.15. The first-order valence-corrected chi connectivity index (χ1v) is 15.0. The van der Waals surface area contributed by atoms with E-state index in [2.05, 4.69) is 15.6 Å². The number of ether oxygens (including phenoxy) is 2. The van der Waals surface area contributed by atoms with Crippen molar-refractivity contribution >= 4 is 38.7 Å². The number of alkyl carbamates (subject to hydrolysis) is 1. The molecule has 2 amide bonds. The second-order valence-electron chi connectivity index (χ2n) is 11.3. The molecule has 0 aliphatic rings. The maximum absolute atomic E-state index is 13.3. The van der Waals surface area contributed by atoms with Gasteiger partial charge in [0.15, 0.2) is 5.65 Å². The lowest BCUT2D eigenvalue weighted by Gasteiger charge is -2.24. The molecule has 2 aromatic carbocycles. The van der Waals surface area contributed by atoms with E-state index in [1.165, 1.54) is 25.4 Å². The van der Waals surface area contributed by atoms with Crippen LogP contribution < -0.4 is 15.4 Å². The molecule has 0 aliphatic carbocycles. The molecule has 2 N–H and O–H groups in total. The maximum atomic E-state index is 13.3. The first-order valence-electron chi connectivity index (χ1n) is 13.6. The number of benzene rings is 2. The first-order chi connectivity index (χ1) is 19.8. The van der Waals surface area contributed by atoms with Crippen LogP contribution in [0.1, 0.15) is 41.0 Å².